The van der Waals surface area contributed by atoms with Crippen LogP contribution in [0.1, 0.15) is 58.3 Å². The minimum absolute atomic E-state index is 0.00331. The number of aromatic carboxylic acids is 1. The fourth-order valence-electron chi connectivity index (χ4n) is 6.24. The molecule has 17 nitrogen and oxygen atoms in total. The summed E-state index contributed by atoms with van der Waals surface area (Å²) in [5.41, 5.74) is -1.66. The Hall–Kier alpha value is -7.83. The van der Waals surface area contributed by atoms with E-state index in [4.69, 9.17) is 9.15 Å². The molecule has 3 unspecified atom stereocenters. The summed E-state index contributed by atoms with van der Waals surface area (Å²) in [5, 5.41) is 28.9. The number of carbonyl (C=O) groups excluding carboxylic acids is 6. The van der Waals surface area contributed by atoms with Gasteiger partial charge in [-0.3, -0.25) is 33.6 Å². The van der Waals surface area contributed by atoms with Crippen LogP contribution in [0.2, 0.25) is 0 Å². The van der Waals surface area contributed by atoms with Gasteiger partial charge in [0.2, 0.25) is 23.2 Å². The van der Waals surface area contributed by atoms with E-state index in [1.807, 2.05) is 0 Å². The van der Waals surface area contributed by atoms with Gasteiger partial charge in [-0.2, -0.15) is 0 Å². The molecule has 5 rings (SSSR count). The SMILES string of the molecule is CC(NC(=O)C(NC(=O)CNC(=O)c1ccc(-c2c3cc(F)c(=O)cc-3oc3ccc(F)cc23)c(C(=O)O)c1)C(C)C)C(=O)NC(CC(=O)O)C(=O)COC(=O)c1ccccc1. The van der Waals surface area contributed by atoms with Crippen LogP contribution < -0.4 is 26.7 Å². The number of benzene rings is 4. The van der Waals surface area contributed by atoms with E-state index in [0.717, 1.165) is 30.3 Å². The largest absolute Gasteiger partial charge is 0.481 e. The highest BCUT2D eigenvalue weighted by Crippen LogP contribution is 2.42. The van der Waals surface area contributed by atoms with Gasteiger partial charge in [-0.05, 0) is 66.9 Å². The first-order valence-corrected chi connectivity index (χ1v) is 18.7. The summed E-state index contributed by atoms with van der Waals surface area (Å²) in [7, 11) is 0. The number of rotatable bonds is 17. The highest BCUT2D eigenvalue weighted by atomic mass is 19.1. The zero-order valence-corrected chi connectivity index (χ0v) is 33.1. The van der Waals surface area contributed by atoms with Crippen molar-refractivity contribution in [1.82, 2.24) is 21.3 Å². The number of aliphatic carboxylic acids is 1. The van der Waals surface area contributed by atoms with Gasteiger partial charge in [-0.1, -0.05) is 38.1 Å². The third kappa shape index (κ3) is 10.9. The minimum atomic E-state index is -1.63. The predicted octanol–water partition coefficient (Wildman–Crippen LogP) is 3.30. The number of hydrogen-bond donors (Lipinski definition) is 6. The van der Waals surface area contributed by atoms with Crippen molar-refractivity contribution in [2.45, 2.75) is 45.3 Å². The van der Waals surface area contributed by atoms with E-state index in [0.29, 0.717) is 0 Å². The topological polar surface area (TPSA) is 265 Å². The number of nitrogens with one attached hydrogen (secondary N) is 4. The zero-order chi connectivity index (χ0) is 45.4. The number of Topliss-reactive ketones (excluding diaryl/α,β-unsaturated/α-hetero) is 1. The lowest BCUT2D eigenvalue weighted by Gasteiger charge is -2.25. The van der Waals surface area contributed by atoms with Crippen molar-refractivity contribution >= 4 is 58.3 Å². The molecule has 3 aromatic rings. The molecule has 3 aromatic carbocycles. The van der Waals surface area contributed by atoms with Gasteiger partial charge in [0.25, 0.3) is 5.91 Å². The summed E-state index contributed by atoms with van der Waals surface area (Å²) in [4.78, 5) is 113. The van der Waals surface area contributed by atoms with Gasteiger partial charge in [0.15, 0.2) is 18.2 Å². The van der Waals surface area contributed by atoms with Crippen molar-refractivity contribution in [1.29, 1.82) is 0 Å². The lowest BCUT2D eigenvalue weighted by molar-refractivity contribution is -0.141. The number of hydrogen-bond acceptors (Lipinski definition) is 11. The van der Waals surface area contributed by atoms with Crippen LogP contribution in [0.4, 0.5) is 8.78 Å². The molecule has 6 N–H and O–H groups in total. The molecule has 2 aliphatic rings. The Morgan fingerprint density at radius 1 is 0.774 bits per heavy atom. The molecular weight excluding hydrogens is 818 g/mol. The van der Waals surface area contributed by atoms with E-state index >= 15 is 0 Å². The number of carboxylic acids is 2. The number of amides is 4. The van der Waals surface area contributed by atoms with Crippen molar-refractivity contribution in [2.24, 2.45) is 5.92 Å². The molecule has 19 heteroatoms. The fraction of sp³-hybridized carbons (Fsp3) is 0.233. The standard InChI is InChI=1S/C43H38F2N4O13/c1-20(2)38(41(57)47-21(3)39(55)48-30(16-36(53)54)32(51)19-61-43(60)22-7-5-4-6-8-22)49-35(52)18-46-40(56)23-9-11-25(26(13-23)42(58)59)37-27-14-24(44)10-12-33(27)62-34-17-31(50)29(45)15-28(34)37/h4-15,17,20-21,30,38H,16,18-19H2,1-3H3,(H,46,56)(H,47,57)(H,48,55)(H,49,52)(H,53,54)(H,58,59). The number of carboxylic acid groups (broad SMARTS) is 2. The molecule has 0 radical (unpaired) electrons. The van der Waals surface area contributed by atoms with Crippen LogP contribution in [-0.4, -0.2) is 88.8 Å². The average molecular weight is 857 g/mol. The molecule has 0 saturated carbocycles. The van der Waals surface area contributed by atoms with Crippen LogP contribution in [0, 0.1) is 17.6 Å². The molecule has 0 saturated heterocycles. The number of ether oxygens (including phenoxy) is 1. The third-order valence-corrected chi connectivity index (χ3v) is 9.38. The molecular formula is C43H38F2N4O13. The predicted molar refractivity (Wildman–Crippen MR) is 214 cm³/mol. The number of esters is 1. The third-order valence-electron chi connectivity index (χ3n) is 9.38. The molecule has 3 atom stereocenters. The summed E-state index contributed by atoms with van der Waals surface area (Å²) in [5.74, 6) is -11.0. The first-order chi connectivity index (χ1) is 29.3. The Morgan fingerprint density at radius 2 is 1.48 bits per heavy atom. The van der Waals surface area contributed by atoms with E-state index in [1.54, 1.807) is 32.0 Å². The van der Waals surface area contributed by atoms with Crippen LogP contribution in [0.5, 0.6) is 0 Å². The summed E-state index contributed by atoms with van der Waals surface area (Å²) < 4.78 is 39.6. The first kappa shape index (κ1) is 45.3. The van der Waals surface area contributed by atoms with Gasteiger partial charge >= 0.3 is 17.9 Å². The Labute approximate surface area is 349 Å². The molecule has 0 spiro atoms. The van der Waals surface area contributed by atoms with E-state index in [-0.39, 0.29) is 44.5 Å². The summed E-state index contributed by atoms with van der Waals surface area (Å²) >= 11 is 0. The Bertz CT molecular complexity index is 2630. The second-order valence-corrected chi connectivity index (χ2v) is 14.2. The second-order valence-electron chi connectivity index (χ2n) is 14.2. The molecule has 0 aromatic heterocycles. The number of halogens is 2. The van der Waals surface area contributed by atoms with Crippen LogP contribution in [0.25, 0.3) is 33.4 Å². The Morgan fingerprint density at radius 3 is 2.15 bits per heavy atom. The maximum Gasteiger partial charge on any atom is 0.338 e. The highest BCUT2D eigenvalue weighted by molar-refractivity contribution is 6.09. The van der Waals surface area contributed by atoms with Crippen molar-refractivity contribution in [3.05, 3.63) is 117 Å². The highest BCUT2D eigenvalue weighted by Gasteiger charge is 2.31. The average Bonchev–Trinajstić information content (AvgIpc) is 3.23. The number of ketones is 1. The van der Waals surface area contributed by atoms with E-state index in [2.05, 4.69) is 21.3 Å². The Balaban J connectivity index is 1.23. The molecule has 322 valence electrons. The number of fused-ring (bicyclic) bond motifs is 2. The molecule has 0 bridgehead atoms. The second kappa shape index (κ2) is 19.5. The molecule has 1 aliphatic carbocycles. The van der Waals surface area contributed by atoms with Gasteiger partial charge in [-0.25, -0.2) is 18.4 Å². The van der Waals surface area contributed by atoms with Crippen LogP contribution in [-0.2, 0) is 28.7 Å². The van der Waals surface area contributed by atoms with Gasteiger partial charge in [0.05, 0.1) is 24.1 Å². The molecule has 1 aliphatic heterocycles. The maximum atomic E-state index is 14.5. The summed E-state index contributed by atoms with van der Waals surface area (Å²) in [6, 6.07) is 11.9. The number of carbonyl (C=O) groups is 8. The van der Waals surface area contributed by atoms with Gasteiger partial charge < -0.3 is 40.6 Å². The smallest absolute Gasteiger partial charge is 0.338 e. The van der Waals surface area contributed by atoms with Crippen molar-refractivity contribution in [3.8, 4) is 22.5 Å². The van der Waals surface area contributed by atoms with E-state index < -0.39 is 114 Å². The lowest BCUT2D eigenvalue weighted by Crippen LogP contribution is -2.57. The molecule has 4 amide bonds. The quantitative estimate of drug-likeness (QED) is 0.0580. The molecule has 1 heterocycles. The van der Waals surface area contributed by atoms with E-state index in [1.165, 1.54) is 37.3 Å². The molecule has 0 fully saturated rings. The fourth-order valence-corrected chi connectivity index (χ4v) is 6.24. The Kier molecular flexibility index (Phi) is 14.2. The molecule has 62 heavy (non-hydrogen) atoms. The maximum absolute atomic E-state index is 14.5. The van der Waals surface area contributed by atoms with Crippen LogP contribution >= 0.6 is 0 Å². The van der Waals surface area contributed by atoms with Crippen molar-refractivity contribution in [2.75, 3.05) is 13.2 Å². The van der Waals surface area contributed by atoms with E-state index in [9.17, 15) is 62.1 Å². The van der Waals surface area contributed by atoms with Gasteiger partial charge in [0.1, 0.15) is 35.3 Å². The monoisotopic (exact) mass is 856 g/mol. The van der Waals surface area contributed by atoms with Crippen LogP contribution in [0.3, 0.4) is 0 Å². The summed E-state index contributed by atoms with van der Waals surface area (Å²) in [6.07, 6.45) is -0.864. The first-order valence-electron chi connectivity index (χ1n) is 18.7. The van der Waals surface area contributed by atoms with Crippen molar-refractivity contribution < 1.29 is 66.5 Å². The van der Waals surface area contributed by atoms with Crippen LogP contribution in [0.15, 0.2) is 88.1 Å². The van der Waals surface area contributed by atoms with Crippen molar-refractivity contribution in [3.63, 3.8) is 0 Å². The minimum Gasteiger partial charge on any atom is -0.481 e. The van der Waals surface area contributed by atoms with Gasteiger partial charge in [0, 0.05) is 28.1 Å². The summed E-state index contributed by atoms with van der Waals surface area (Å²) in [6.45, 7) is 2.80. The lowest BCUT2D eigenvalue weighted by atomic mass is 9.89. The van der Waals surface area contributed by atoms with Gasteiger partial charge in [-0.15, -0.1) is 0 Å². The zero-order valence-electron chi connectivity index (χ0n) is 33.1. The normalized spacial score (nSPS) is 12.5.